The minimum Gasteiger partial charge on any atom is -0.478 e. The summed E-state index contributed by atoms with van der Waals surface area (Å²) in [6.45, 7) is 6.04. The van der Waals surface area contributed by atoms with Gasteiger partial charge in [0.05, 0.1) is 6.20 Å². The van der Waals surface area contributed by atoms with E-state index in [1.807, 2.05) is 32.9 Å². The highest BCUT2D eigenvalue weighted by molar-refractivity contribution is 9.10. The van der Waals surface area contributed by atoms with Crippen LogP contribution in [-0.4, -0.2) is 21.0 Å². The molecule has 0 fully saturated rings. The number of pyridine rings is 1. The average molecular weight is 389 g/mol. The number of H-pyrrole nitrogens is 1. The van der Waals surface area contributed by atoms with Gasteiger partial charge < -0.3 is 14.8 Å². The Morgan fingerprint density at radius 3 is 2.71 bits per heavy atom. The molecule has 0 aliphatic rings. The zero-order valence-corrected chi connectivity index (χ0v) is 15.1. The summed E-state index contributed by atoms with van der Waals surface area (Å²) in [7, 11) is 0. The molecule has 2 aromatic heterocycles. The Labute approximate surface area is 147 Å². The van der Waals surface area contributed by atoms with E-state index in [0.29, 0.717) is 11.5 Å². The number of nitrogens with zero attached hydrogens (tertiary/aromatic N) is 1. The Morgan fingerprint density at radius 2 is 2.04 bits per heavy atom. The lowest BCUT2D eigenvalue weighted by Gasteiger charge is -2.25. The molecule has 1 aromatic carbocycles. The maximum atomic E-state index is 11.7. The molecule has 124 valence electrons. The molecule has 2 heterocycles. The van der Waals surface area contributed by atoms with E-state index in [1.165, 1.54) is 0 Å². The topological polar surface area (TPSA) is 75.2 Å². The molecule has 0 atom stereocenters. The van der Waals surface area contributed by atoms with E-state index in [4.69, 9.17) is 4.74 Å². The normalized spacial score (nSPS) is 11.7. The van der Waals surface area contributed by atoms with Crippen molar-refractivity contribution in [3.8, 4) is 11.5 Å². The largest absolute Gasteiger partial charge is 0.478 e. The molecule has 0 aliphatic heterocycles. The number of carboxylic acids is 1. The average Bonchev–Trinajstić information content (AvgIpc) is 2.93. The highest BCUT2D eigenvalue weighted by atomic mass is 79.9. The fourth-order valence-corrected chi connectivity index (χ4v) is 3.53. The van der Waals surface area contributed by atoms with Crippen molar-refractivity contribution in [1.29, 1.82) is 0 Å². The van der Waals surface area contributed by atoms with Crippen LogP contribution in [0.3, 0.4) is 0 Å². The van der Waals surface area contributed by atoms with Crippen molar-refractivity contribution in [1.82, 2.24) is 9.97 Å². The summed E-state index contributed by atoms with van der Waals surface area (Å²) >= 11 is 3.52. The van der Waals surface area contributed by atoms with Gasteiger partial charge in [0.2, 0.25) is 0 Å². The number of carboxylic acid groups (broad SMARTS) is 1. The summed E-state index contributed by atoms with van der Waals surface area (Å²) in [5, 5.41) is 10.4. The molecule has 3 rings (SSSR count). The second-order valence-electron chi connectivity index (χ2n) is 6.54. The Hall–Kier alpha value is -2.34. The third kappa shape index (κ3) is 3.01. The minimum absolute atomic E-state index is 0.122. The van der Waals surface area contributed by atoms with Crippen LogP contribution in [0.1, 0.15) is 36.7 Å². The molecule has 3 aromatic rings. The monoisotopic (exact) mass is 388 g/mol. The number of nitrogens with one attached hydrogen (secondary N) is 1. The predicted octanol–water partition coefficient (Wildman–Crippen LogP) is 5.11. The van der Waals surface area contributed by atoms with Crippen LogP contribution in [0.15, 0.2) is 41.1 Å². The lowest BCUT2D eigenvalue weighted by atomic mass is 9.85. The number of aromatic carboxylic acids is 1. The molecular formula is C18H17BrN2O3. The molecule has 2 N–H and O–H groups in total. The second kappa shape index (κ2) is 5.94. The first-order valence-corrected chi connectivity index (χ1v) is 8.24. The van der Waals surface area contributed by atoms with E-state index in [0.717, 1.165) is 21.1 Å². The molecule has 0 bridgehead atoms. The van der Waals surface area contributed by atoms with Crippen LogP contribution >= 0.6 is 15.9 Å². The summed E-state index contributed by atoms with van der Waals surface area (Å²) in [5.41, 5.74) is 1.38. The summed E-state index contributed by atoms with van der Waals surface area (Å²) in [4.78, 5) is 19.0. The van der Waals surface area contributed by atoms with E-state index < -0.39 is 5.97 Å². The van der Waals surface area contributed by atoms with Crippen molar-refractivity contribution >= 4 is 32.9 Å². The molecule has 0 radical (unpaired) electrons. The van der Waals surface area contributed by atoms with Crippen LogP contribution < -0.4 is 4.74 Å². The van der Waals surface area contributed by atoms with Crippen molar-refractivity contribution in [3.05, 3.63) is 52.3 Å². The first kappa shape index (κ1) is 16.5. The highest BCUT2D eigenvalue weighted by Gasteiger charge is 2.27. The molecule has 0 aliphatic carbocycles. The Morgan fingerprint density at radius 1 is 1.29 bits per heavy atom. The van der Waals surface area contributed by atoms with Crippen molar-refractivity contribution < 1.29 is 14.6 Å². The van der Waals surface area contributed by atoms with Crippen molar-refractivity contribution in [2.24, 2.45) is 0 Å². The molecule has 0 saturated heterocycles. The van der Waals surface area contributed by atoms with Gasteiger partial charge in [0.1, 0.15) is 22.7 Å². The van der Waals surface area contributed by atoms with Gasteiger partial charge >= 0.3 is 5.97 Å². The molecular weight excluding hydrogens is 372 g/mol. The Bertz CT molecular complexity index is 926. The number of aromatic amines is 1. The zero-order chi connectivity index (χ0) is 17.5. The zero-order valence-electron chi connectivity index (χ0n) is 13.6. The van der Waals surface area contributed by atoms with Crippen LogP contribution in [0, 0.1) is 0 Å². The standard InChI is InChI=1S/C18H17BrN2O3/c1-18(2,3)14-13(19)5-4-12(17(22)23)15(14)24-11-8-10-6-7-20-16(10)21-9-11/h4-9H,1-3H3,(H,20,21)(H,22,23). The van der Waals surface area contributed by atoms with E-state index in [-0.39, 0.29) is 11.0 Å². The van der Waals surface area contributed by atoms with Gasteiger partial charge in [-0.15, -0.1) is 0 Å². The van der Waals surface area contributed by atoms with E-state index in [2.05, 4.69) is 25.9 Å². The third-order valence-corrected chi connectivity index (χ3v) is 4.34. The van der Waals surface area contributed by atoms with Crippen LogP contribution in [0.4, 0.5) is 0 Å². The molecule has 24 heavy (non-hydrogen) atoms. The van der Waals surface area contributed by atoms with Crippen LogP contribution in [0.2, 0.25) is 0 Å². The Balaban J connectivity index is 2.17. The number of aromatic nitrogens is 2. The number of hydrogen-bond acceptors (Lipinski definition) is 3. The van der Waals surface area contributed by atoms with Crippen molar-refractivity contribution in [3.63, 3.8) is 0 Å². The van der Waals surface area contributed by atoms with Gasteiger partial charge in [-0.1, -0.05) is 36.7 Å². The van der Waals surface area contributed by atoms with Gasteiger partial charge in [-0.05, 0) is 29.7 Å². The molecule has 6 heteroatoms. The van der Waals surface area contributed by atoms with Gasteiger partial charge in [-0.25, -0.2) is 9.78 Å². The van der Waals surface area contributed by atoms with Gasteiger partial charge in [0.15, 0.2) is 0 Å². The van der Waals surface area contributed by atoms with Crippen LogP contribution in [0.25, 0.3) is 11.0 Å². The number of rotatable bonds is 3. The Kier molecular flexibility index (Phi) is 4.09. The number of benzene rings is 1. The van der Waals surface area contributed by atoms with Crippen molar-refractivity contribution in [2.45, 2.75) is 26.2 Å². The third-order valence-electron chi connectivity index (χ3n) is 3.68. The molecule has 0 spiro atoms. The smallest absolute Gasteiger partial charge is 0.339 e. The maximum Gasteiger partial charge on any atom is 0.339 e. The fourth-order valence-electron chi connectivity index (χ4n) is 2.63. The van der Waals surface area contributed by atoms with E-state index in [1.54, 1.807) is 24.5 Å². The lowest BCUT2D eigenvalue weighted by molar-refractivity contribution is 0.0694. The van der Waals surface area contributed by atoms with Gasteiger partial charge in [0.25, 0.3) is 0 Å². The highest BCUT2D eigenvalue weighted by Crippen LogP contribution is 2.41. The van der Waals surface area contributed by atoms with Crippen LogP contribution in [0.5, 0.6) is 11.5 Å². The second-order valence-corrected chi connectivity index (χ2v) is 7.40. The summed E-state index contributed by atoms with van der Waals surface area (Å²) in [6, 6.07) is 7.00. The molecule has 0 unspecified atom stereocenters. The van der Waals surface area contributed by atoms with Crippen LogP contribution in [-0.2, 0) is 5.41 Å². The number of carbonyl (C=O) groups is 1. The minimum atomic E-state index is -1.03. The lowest BCUT2D eigenvalue weighted by Crippen LogP contribution is -2.16. The molecule has 0 amide bonds. The summed E-state index contributed by atoms with van der Waals surface area (Å²) < 4.78 is 6.81. The fraction of sp³-hybridized carbons (Fsp3) is 0.222. The predicted molar refractivity (Wildman–Crippen MR) is 96.0 cm³/mol. The van der Waals surface area contributed by atoms with Gasteiger partial charge in [-0.2, -0.15) is 0 Å². The summed E-state index contributed by atoms with van der Waals surface area (Å²) in [6.07, 6.45) is 3.38. The first-order valence-electron chi connectivity index (χ1n) is 7.44. The summed E-state index contributed by atoms with van der Waals surface area (Å²) in [5.74, 6) is -0.201. The molecule has 5 nitrogen and oxygen atoms in total. The van der Waals surface area contributed by atoms with Gasteiger partial charge in [-0.3, -0.25) is 0 Å². The van der Waals surface area contributed by atoms with E-state index >= 15 is 0 Å². The SMILES string of the molecule is CC(C)(C)c1c(Br)ccc(C(=O)O)c1Oc1cnc2[nH]ccc2c1. The number of halogens is 1. The van der Waals surface area contributed by atoms with E-state index in [9.17, 15) is 9.90 Å². The number of ether oxygens (including phenoxy) is 1. The maximum absolute atomic E-state index is 11.7. The quantitative estimate of drug-likeness (QED) is 0.653. The van der Waals surface area contributed by atoms with Gasteiger partial charge in [0, 0.05) is 21.6 Å². The number of fused-ring (bicyclic) bond motifs is 1. The first-order chi connectivity index (χ1) is 11.3. The molecule has 0 saturated carbocycles. The number of hydrogen-bond donors (Lipinski definition) is 2. The van der Waals surface area contributed by atoms with Crippen molar-refractivity contribution in [2.75, 3.05) is 0 Å².